The first-order valence-corrected chi connectivity index (χ1v) is 10.00. The number of ether oxygens (including phenoxy) is 3. The molecule has 4 unspecified atom stereocenters. The Kier molecular flexibility index (Phi) is 3.75. The maximum atomic E-state index is 6.36. The van der Waals surface area contributed by atoms with Gasteiger partial charge >= 0.3 is 0 Å². The van der Waals surface area contributed by atoms with Crippen molar-refractivity contribution in [1.29, 1.82) is 0 Å². The number of aliphatic imine (C=N–C) groups is 1. The molecule has 0 saturated heterocycles. The first kappa shape index (κ1) is 15.9. The third kappa shape index (κ3) is 2.74. The maximum absolute atomic E-state index is 6.36. The van der Waals surface area contributed by atoms with Crippen molar-refractivity contribution in [2.75, 3.05) is 13.2 Å². The molecule has 2 N–H and O–H groups in total. The molecule has 0 radical (unpaired) electrons. The molecule has 2 heterocycles. The topological polar surface area (TPSA) is 66.1 Å². The number of rotatable bonds is 3. The molecule has 1 spiro atoms. The Hall–Kier alpha value is -1.27. The molecular formula is C19H23BrN2O3. The summed E-state index contributed by atoms with van der Waals surface area (Å²) in [6.45, 7) is 1.39. The van der Waals surface area contributed by atoms with Crippen molar-refractivity contribution in [3.63, 3.8) is 0 Å². The zero-order valence-corrected chi connectivity index (χ0v) is 15.7. The third-order valence-corrected chi connectivity index (χ3v) is 6.55. The van der Waals surface area contributed by atoms with E-state index in [1.54, 1.807) is 0 Å². The summed E-state index contributed by atoms with van der Waals surface area (Å²) in [7, 11) is 0. The van der Waals surface area contributed by atoms with Gasteiger partial charge in [-0.1, -0.05) is 15.9 Å². The summed E-state index contributed by atoms with van der Waals surface area (Å²) < 4.78 is 19.2. The van der Waals surface area contributed by atoms with Crippen molar-refractivity contribution < 1.29 is 14.2 Å². The maximum Gasteiger partial charge on any atom is 0.283 e. The van der Waals surface area contributed by atoms with E-state index >= 15 is 0 Å². The van der Waals surface area contributed by atoms with Gasteiger partial charge in [-0.15, -0.1) is 0 Å². The van der Waals surface area contributed by atoms with Crippen molar-refractivity contribution >= 4 is 22.0 Å². The second-order valence-electron chi connectivity index (χ2n) is 7.78. The summed E-state index contributed by atoms with van der Waals surface area (Å²) in [5.41, 5.74) is 6.57. The fourth-order valence-corrected chi connectivity index (χ4v) is 4.90. The highest BCUT2D eigenvalue weighted by Gasteiger charge is 2.55. The van der Waals surface area contributed by atoms with E-state index in [-0.39, 0.29) is 24.1 Å². The van der Waals surface area contributed by atoms with Crippen LogP contribution in [0.2, 0.25) is 0 Å². The number of fused-ring (bicyclic) bond motifs is 4. The molecule has 2 aliphatic heterocycles. The van der Waals surface area contributed by atoms with E-state index in [1.165, 1.54) is 12.8 Å². The number of halogens is 1. The second-order valence-corrected chi connectivity index (χ2v) is 8.69. The Labute approximate surface area is 156 Å². The third-order valence-electron chi connectivity index (χ3n) is 6.05. The van der Waals surface area contributed by atoms with Gasteiger partial charge in [0.05, 0.1) is 6.10 Å². The van der Waals surface area contributed by atoms with E-state index in [1.807, 2.05) is 12.1 Å². The fourth-order valence-electron chi connectivity index (χ4n) is 4.53. The van der Waals surface area contributed by atoms with Crippen LogP contribution in [0.1, 0.15) is 37.7 Å². The van der Waals surface area contributed by atoms with Gasteiger partial charge in [0, 0.05) is 22.6 Å². The fraction of sp³-hybridized carbons (Fsp3) is 0.632. The average Bonchev–Trinajstić information content (AvgIpc) is 3.36. The van der Waals surface area contributed by atoms with Crippen LogP contribution in [0.3, 0.4) is 0 Å². The van der Waals surface area contributed by atoms with Gasteiger partial charge in [0.2, 0.25) is 0 Å². The minimum Gasteiger partial charge on any atom is -0.490 e. The molecule has 25 heavy (non-hydrogen) atoms. The lowest BCUT2D eigenvalue weighted by Crippen LogP contribution is -2.52. The Bertz CT molecular complexity index is 721. The van der Waals surface area contributed by atoms with Crippen molar-refractivity contribution in [3.05, 3.63) is 28.2 Å². The molecule has 4 atom stereocenters. The quantitative estimate of drug-likeness (QED) is 0.835. The van der Waals surface area contributed by atoms with Crippen LogP contribution in [-0.2, 0) is 15.0 Å². The molecule has 2 aliphatic carbocycles. The molecule has 5 rings (SSSR count). The lowest BCUT2D eigenvalue weighted by atomic mass is 9.67. The summed E-state index contributed by atoms with van der Waals surface area (Å²) >= 11 is 3.58. The molecule has 6 heteroatoms. The van der Waals surface area contributed by atoms with Crippen LogP contribution in [0.15, 0.2) is 27.7 Å². The standard InChI is InChI=1S/C19H23BrN2O3/c20-12-3-5-16-14(7-12)19(10-24-18(21)22-19)15-8-13(4-6-17(15)25-16)23-9-11-1-2-11/h3,5,7,11,13,15,17H,1-2,4,6,8-10H2,(H2,21,22). The first-order chi connectivity index (χ1) is 12.1. The predicted molar refractivity (Wildman–Crippen MR) is 97.6 cm³/mol. The number of benzene rings is 1. The number of nitrogens with zero attached hydrogens (tertiary/aromatic N) is 1. The number of nitrogens with two attached hydrogens (primary N) is 1. The lowest BCUT2D eigenvalue weighted by molar-refractivity contribution is -0.0644. The highest BCUT2D eigenvalue weighted by Crippen LogP contribution is 2.53. The van der Waals surface area contributed by atoms with Gasteiger partial charge in [0.15, 0.2) is 0 Å². The van der Waals surface area contributed by atoms with Crippen LogP contribution in [0, 0.1) is 11.8 Å². The summed E-state index contributed by atoms with van der Waals surface area (Å²) in [6.07, 6.45) is 6.07. The molecule has 1 aromatic carbocycles. The van der Waals surface area contributed by atoms with Crippen molar-refractivity contribution in [1.82, 2.24) is 0 Å². The molecule has 1 aromatic rings. The summed E-state index contributed by atoms with van der Waals surface area (Å²) in [5, 5.41) is 0. The number of hydrogen-bond acceptors (Lipinski definition) is 5. The highest BCUT2D eigenvalue weighted by molar-refractivity contribution is 9.10. The average molecular weight is 407 g/mol. The number of amidine groups is 1. The zero-order valence-electron chi connectivity index (χ0n) is 14.1. The van der Waals surface area contributed by atoms with Crippen LogP contribution in [0.5, 0.6) is 5.75 Å². The van der Waals surface area contributed by atoms with Crippen LogP contribution < -0.4 is 10.5 Å². The van der Waals surface area contributed by atoms with Gasteiger partial charge in [0.1, 0.15) is 24.0 Å². The normalized spacial score (nSPS) is 36.2. The molecule has 2 fully saturated rings. The molecule has 2 saturated carbocycles. The van der Waals surface area contributed by atoms with Crippen LogP contribution in [-0.4, -0.2) is 31.4 Å². The lowest BCUT2D eigenvalue weighted by Gasteiger charge is -2.47. The Morgan fingerprint density at radius 1 is 1.28 bits per heavy atom. The zero-order chi connectivity index (χ0) is 17.0. The van der Waals surface area contributed by atoms with Crippen LogP contribution in [0.25, 0.3) is 0 Å². The molecule has 134 valence electrons. The van der Waals surface area contributed by atoms with E-state index in [0.29, 0.717) is 6.61 Å². The van der Waals surface area contributed by atoms with Gasteiger partial charge in [0.25, 0.3) is 6.02 Å². The Balaban J connectivity index is 1.49. The summed E-state index contributed by atoms with van der Waals surface area (Å²) in [6, 6.07) is 6.43. The van der Waals surface area contributed by atoms with E-state index in [0.717, 1.165) is 47.6 Å². The Morgan fingerprint density at radius 3 is 2.92 bits per heavy atom. The smallest absolute Gasteiger partial charge is 0.283 e. The van der Waals surface area contributed by atoms with Gasteiger partial charge < -0.3 is 19.9 Å². The van der Waals surface area contributed by atoms with E-state index in [2.05, 4.69) is 22.0 Å². The largest absolute Gasteiger partial charge is 0.490 e. The van der Waals surface area contributed by atoms with Crippen molar-refractivity contribution in [2.45, 2.75) is 49.9 Å². The second kappa shape index (κ2) is 5.88. The SMILES string of the molecule is NC1=NC2(CO1)c1cc(Br)ccc1OC1CCC(OCC3CC3)CC12. The van der Waals surface area contributed by atoms with Gasteiger partial charge in [-0.2, -0.15) is 0 Å². The monoisotopic (exact) mass is 406 g/mol. The molecular weight excluding hydrogens is 384 g/mol. The van der Waals surface area contributed by atoms with Crippen molar-refractivity contribution in [2.24, 2.45) is 22.6 Å². The molecule has 0 bridgehead atoms. The van der Waals surface area contributed by atoms with Gasteiger partial charge in [-0.05, 0) is 56.2 Å². The van der Waals surface area contributed by atoms with Gasteiger partial charge in [-0.3, -0.25) is 0 Å². The van der Waals surface area contributed by atoms with E-state index in [9.17, 15) is 0 Å². The molecule has 5 nitrogen and oxygen atoms in total. The highest BCUT2D eigenvalue weighted by atomic mass is 79.9. The van der Waals surface area contributed by atoms with E-state index in [4.69, 9.17) is 24.9 Å². The van der Waals surface area contributed by atoms with Crippen LogP contribution in [0.4, 0.5) is 0 Å². The number of hydrogen-bond donors (Lipinski definition) is 1. The van der Waals surface area contributed by atoms with E-state index < -0.39 is 5.54 Å². The minimum absolute atomic E-state index is 0.146. The summed E-state index contributed by atoms with van der Waals surface area (Å²) in [5.74, 6) is 1.92. The molecule has 4 aliphatic rings. The predicted octanol–water partition coefficient (Wildman–Crippen LogP) is 3.35. The minimum atomic E-state index is -0.451. The molecule has 0 amide bonds. The van der Waals surface area contributed by atoms with Crippen molar-refractivity contribution in [3.8, 4) is 5.75 Å². The molecule has 0 aromatic heterocycles. The Morgan fingerprint density at radius 2 is 2.16 bits per heavy atom. The first-order valence-electron chi connectivity index (χ1n) is 9.20. The summed E-state index contributed by atoms with van der Waals surface area (Å²) in [4.78, 5) is 4.80. The van der Waals surface area contributed by atoms with Crippen LogP contribution >= 0.6 is 15.9 Å². The van der Waals surface area contributed by atoms with Gasteiger partial charge in [-0.25, -0.2) is 4.99 Å².